The van der Waals surface area contributed by atoms with Crippen LogP contribution in [0.4, 0.5) is 4.39 Å². The molecule has 3 rings (SSSR count). The predicted octanol–water partition coefficient (Wildman–Crippen LogP) is 5.37. The minimum Gasteiger partial charge on any atom is -0.458 e. The highest BCUT2D eigenvalue weighted by atomic mass is 35.5. The van der Waals surface area contributed by atoms with Gasteiger partial charge in [0.2, 0.25) is 0 Å². The Balaban J connectivity index is 1.55. The molecule has 2 aromatic carbocycles. The van der Waals surface area contributed by atoms with Crippen molar-refractivity contribution in [2.45, 2.75) is 25.9 Å². The van der Waals surface area contributed by atoms with E-state index in [2.05, 4.69) is 4.98 Å². The first-order valence-electron chi connectivity index (χ1n) is 8.17. The lowest BCUT2D eigenvalue weighted by Gasteiger charge is -2.14. The summed E-state index contributed by atoms with van der Waals surface area (Å²) in [6.45, 7) is 1.77. The summed E-state index contributed by atoms with van der Waals surface area (Å²) in [5.74, 6) is 0.271. The average Bonchev–Trinajstić information content (AvgIpc) is 3.10. The molecule has 1 unspecified atom stereocenters. The van der Waals surface area contributed by atoms with Gasteiger partial charge in [0.05, 0.1) is 12.6 Å². The number of halogens is 2. The number of hydrogen-bond acceptors (Lipinski definition) is 4. The zero-order valence-electron chi connectivity index (χ0n) is 14.1. The number of aryl methyl sites for hydroxylation is 1. The zero-order chi connectivity index (χ0) is 18.5. The lowest BCUT2D eigenvalue weighted by atomic mass is 10.1. The molecule has 1 atom stereocenters. The Kier molecular flexibility index (Phi) is 5.68. The van der Waals surface area contributed by atoms with Gasteiger partial charge in [-0.3, -0.25) is 4.79 Å². The number of hydrogen-bond donors (Lipinski definition) is 0. The maximum Gasteiger partial charge on any atom is 0.306 e. The smallest absolute Gasteiger partial charge is 0.306 e. The van der Waals surface area contributed by atoms with Crippen molar-refractivity contribution < 1.29 is 18.3 Å². The molecule has 1 aromatic heterocycles. The van der Waals surface area contributed by atoms with E-state index in [1.54, 1.807) is 31.3 Å². The minimum atomic E-state index is -0.435. The van der Waals surface area contributed by atoms with Crippen molar-refractivity contribution in [3.63, 3.8) is 0 Å². The molecule has 1 heterocycles. The minimum absolute atomic E-state index is 0.137. The van der Waals surface area contributed by atoms with Gasteiger partial charge in [-0.05, 0) is 37.3 Å². The molecule has 0 saturated carbocycles. The van der Waals surface area contributed by atoms with Crippen molar-refractivity contribution in [1.29, 1.82) is 0 Å². The standard InChI is InChI=1S/C20H17ClFNO3/c1-13(16-4-2-3-5-17(16)21)25-20(24)11-10-19-23-12-18(26-19)14-6-8-15(22)9-7-14/h2-9,12-13H,10-11H2,1H3. The van der Waals surface area contributed by atoms with E-state index in [1.165, 1.54) is 12.1 Å². The van der Waals surface area contributed by atoms with Crippen LogP contribution in [-0.4, -0.2) is 11.0 Å². The second kappa shape index (κ2) is 8.15. The molecule has 134 valence electrons. The topological polar surface area (TPSA) is 52.3 Å². The highest BCUT2D eigenvalue weighted by molar-refractivity contribution is 6.31. The first-order chi connectivity index (χ1) is 12.5. The fraction of sp³-hybridized carbons (Fsp3) is 0.200. The second-order valence-corrected chi connectivity index (χ2v) is 6.19. The molecule has 0 aliphatic rings. The summed E-state index contributed by atoms with van der Waals surface area (Å²) < 4.78 is 24.0. The van der Waals surface area contributed by atoms with Gasteiger partial charge in [0, 0.05) is 22.6 Å². The monoisotopic (exact) mass is 373 g/mol. The largest absolute Gasteiger partial charge is 0.458 e. The van der Waals surface area contributed by atoms with Crippen LogP contribution < -0.4 is 0 Å². The van der Waals surface area contributed by atoms with Crippen molar-refractivity contribution in [1.82, 2.24) is 4.98 Å². The summed E-state index contributed by atoms with van der Waals surface area (Å²) in [5.41, 5.74) is 1.48. The maximum absolute atomic E-state index is 13.0. The van der Waals surface area contributed by atoms with Gasteiger partial charge in [0.1, 0.15) is 11.9 Å². The Morgan fingerprint density at radius 3 is 2.69 bits per heavy atom. The van der Waals surface area contributed by atoms with Gasteiger partial charge >= 0.3 is 5.97 Å². The molecule has 3 aromatic rings. The zero-order valence-corrected chi connectivity index (χ0v) is 14.9. The van der Waals surface area contributed by atoms with Crippen molar-refractivity contribution in [3.05, 3.63) is 77.0 Å². The van der Waals surface area contributed by atoms with Crippen LogP contribution in [-0.2, 0) is 16.0 Å². The van der Waals surface area contributed by atoms with Gasteiger partial charge < -0.3 is 9.15 Å². The van der Waals surface area contributed by atoms with Crippen LogP contribution in [0.5, 0.6) is 0 Å². The Hall–Kier alpha value is -2.66. The quantitative estimate of drug-likeness (QED) is 0.545. The van der Waals surface area contributed by atoms with Crippen LogP contribution in [0.1, 0.15) is 30.9 Å². The number of carbonyl (C=O) groups is 1. The van der Waals surface area contributed by atoms with Gasteiger partial charge in [-0.25, -0.2) is 9.37 Å². The van der Waals surface area contributed by atoms with Crippen LogP contribution in [0.25, 0.3) is 11.3 Å². The average molecular weight is 374 g/mol. The number of ether oxygens (including phenoxy) is 1. The molecule has 0 spiro atoms. The summed E-state index contributed by atoms with van der Waals surface area (Å²) in [6, 6.07) is 13.2. The Labute approximate surface area is 155 Å². The SMILES string of the molecule is CC(OC(=O)CCc1ncc(-c2ccc(F)cc2)o1)c1ccccc1Cl. The molecular formula is C20H17ClFNO3. The molecule has 0 saturated heterocycles. The molecular weight excluding hydrogens is 357 g/mol. The summed E-state index contributed by atoms with van der Waals surface area (Å²) in [7, 11) is 0. The van der Waals surface area contributed by atoms with E-state index < -0.39 is 6.10 Å². The van der Waals surface area contributed by atoms with Gasteiger partial charge in [0.25, 0.3) is 0 Å². The molecule has 0 amide bonds. The second-order valence-electron chi connectivity index (χ2n) is 5.78. The van der Waals surface area contributed by atoms with E-state index in [-0.39, 0.29) is 18.2 Å². The number of oxazole rings is 1. The van der Waals surface area contributed by atoms with Gasteiger partial charge in [-0.2, -0.15) is 0 Å². The fourth-order valence-corrected chi connectivity index (χ4v) is 2.80. The number of carbonyl (C=O) groups excluding carboxylic acids is 1. The van der Waals surface area contributed by atoms with Crippen LogP contribution in [0, 0.1) is 5.82 Å². The van der Waals surface area contributed by atoms with Gasteiger partial charge in [0.15, 0.2) is 11.7 Å². The van der Waals surface area contributed by atoms with E-state index in [1.807, 2.05) is 18.2 Å². The van der Waals surface area contributed by atoms with E-state index in [0.717, 1.165) is 11.1 Å². The molecule has 0 N–H and O–H groups in total. The van der Waals surface area contributed by atoms with Gasteiger partial charge in [-0.1, -0.05) is 29.8 Å². The summed E-state index contributed by atoms with van der Waals surface area (Å²) >= 11 is 6.11. The third-order valence-electron chi connectivity index (χ3n) is 3.88. The fourth-order valence-electron chi connectivity index (χ4n) is 2.51. The van der Waals surface area contributed by atoms with E-state index in [9.17, 15) is 9.18 Å². The highest BCUT2D eigenvalue weighted by Crippen LogP contribution is 2.26. The van der Waals surface area contributed by atoms with Crippen molar-refractivity contribution in [2.24, 2.45) is 0 Å². The first-order valence-corrected chi connectivity index (χ1v) is 8.55. The van der Waals surface area contributed by atoms with E-state index in [0.29, 0.717) is 23.1 Å². The molecule has 0 aliphatic carbocycles. The maximum atomic E-state index is 13.0. The molecule has 4 nitrogen and oxygen atoms in total. The van der Waals surface area contributed by atoms with Crippen molar-refractivity contribution >= 4 is 17.6 Å². The number of nitrogens with zero attached hydrogens (tertiary/aromatic N) is 1. The normalized spacial score (nSPS) is 12.0. The summed E-state index contributed by atoms with van der Waals surface area (Å²) in [5, 5.41) is 0.560. The molecule has 6 heteroatoms. The van der Waals surface area contributed by atoms with Crippen molar-refractivity contribution in [2.75, 3.05) is 0 Å². The number of aromatic nitrogens is 1. The predicted molar refractivity (Wildman–Crippen MR) is 96.2 cm³/mol. The highest BCUT2D eigenvalue weighted by Gasteiger charge is 2.15. The van der Waals surface area contributed by atoms with Gasteiger partial charge in [-0.15, -0.1) is 0 Å². The first kappa shape index (κ1) is 18.1. The lowest BCUT2D eigenvalue weighted by molar-refractivity contribution is -0.148. The third-order valence-corrected chi connectivity index (χ3v) is 4.22. The molecule has 0 aliphatic heterocycles. The van der Waals surface area contributed by atoms with E-state index >= 15 is 0 Å². The van der Waals surface area contributed by atoms with Crippen LogP contribution in [0.3, 0.4) is 0 Å². The van der Waals surface area contributed by atoms with Crippen LogP contribution in [0.2, 0.25) is 5.02 Å². The van der Waals surface area contributed by atoms with Crippen LogP contribution in [0.15, 0.2) is 59.1 Å². The summed E-state index contributed by atoms with van der Waals surface area (Å²) in [6.07, 6.45) is 1.57. The number of rotatable bonds is 6. The van der Waals surface area contributed by atoms with Crippen LogP contribution >= 0.6 is 11.6 Å². The molecule has 0 bridgehead atoms. The number of benzene rings is 2. The molecule has 0 radical (unpaired) electrons. The summed E-state index contributed by atoms with van der Waals surface area (Å²) in [4.78, 5) is 16.2. The number of esters is 1. The Bertz CT molecular complexity index is 892. The van der Waals surface area contributed by atoms with E-state index in [4.69, 9.17) is 20.8 Å². The lowest BCUT2D eigenvalue weighted by Crippen LogP contribution is -2.10. The molecule has 0 fully saturated rings. The third kappa shape index (κ3) is 4.49. The molecule has 26 heavy (non-hydrogen) atoms. The Morgan fingerprint density at radius 1 is 1.23 bits per heavy atom. The Morgan fingerprint density at radius 2 is 1.96 bits per heavy atom. The van der Waals surface area contributed by atoms with Crippen molar-refractivity contribution in [3.8, 4) is 11.3 Å².